The van der Waals surface area contributed by atoms with Gasteiger partial charge in [-0.3, -0.25) is 24.1 Å². The van der Waals surface area contributed by atoms with Gasteiger partial charge in [-0.05, 0) is 18.2 Å². The maximum absolute atomic E-state index is 13.2. The first-order chi connectivity index (χ1) is 15.8. The Morgan fingerprint density at radius 2 is 1.76 bits per heavy atom. The van der Waals surface area contributed by atoms with Crippen LogP contribution in [-0.4, -0.2) is 38.9 Å². The number of nitrogens with two attached hydrogens (primary N) is 1. The number of nitrogens with zero attached hydrogens (tertiary/aromatic N) is 4. The smallest absolute Gasteiger partial charge is 0.308 e. The molecule has 0 atom stereocenters. The Morgan fingerprint density at radius 1 is 1.06 bits per heavy atom. The van der Waals surface area contributed by atoms with Crippen LogP contribution < -0.4 is 25.5 Å². The number of carbonyl (C=O) groups excluding carboxylic acids is 3. The second-order valence-corrected chi connectivity index (χ2v) is 8.18. The van der Waals surface area contributed by atoms with Crippen molar-refractivity contribution in [2.24, 2.45) is 5.73 Å². The third-order valence-corrected chi connectivity index (χ3v) is 6.03. The Labute approximate surface area is 189 Å². The Morgan fingerprint density at radius 3 is 2.45 bits per heavy atom. The molecule has 2 aromatic heterocycles. The molecule has 0 bridgehead atoms. The first kappa shape index (κ1) is 20.5. The number of rotatable bonds is 4. The molecule has 0 spiro atoms. The van der Waals surface area contributed by atoms with Crippen molar-refractivity contribution in [2.75, 3.05) is 11.4 Å². The molecule has 2 aromatic carbocycles. The number of anilines is 1. The molecule has 0 fully saturated rings. The molecular formula is C22H15N5O5S. The first-order valence-corrected chi connectivity index (χ1v) is 10.6. The molecule has 10 nitrogen and oxygen atoms in total. The van der Waals surface area contributed by atoms with Crippen LogP contribution in [0.5, 0.6) is 5.75 Å². The second kappa shape index (κ2) is 7.64. The molecule has 2 N–H and O–H groups in total. The van der Waals surface area contributed by atoms with E-state index in [4.69, 9.17) is 10.5 Å². The lowest BCUT2D eigenvalue weighted by atomic mass is 10.1. The Kier molecular flexibility index (Phi) is 4.75. The van der Waals surface area contributed by atoms with E-state index in [0.717, 1.165) is 15.9 Å². The van der Waals surface area contributed by atoms with Crippen LogP contribution in [0.3, 0.4) is 0 Å². The van der Waals surface area contributed by atoms with Crippen molar-refractivity contribution >= 4 is 45.3 Å². The van der Waals surface area contributed by atoms with E-state index in [1.54, 1.807) is 48.5 Å². The minimum atomic E-state index is -0.666. The average Bonchev–Trinajstić information content (AvgIpc) is 3.40. The molecule has 0 radical (unpaired) electrons. The summed E-state index contributed by atoms with van der Waals surface area (Å²) < 4.78 is 6.48. The molecule has 0 unspecified atom stereocenters. The predicted molar refractivity (Wildman–Crippen MR) is 120 cm³/mol. The number of thiazole rings is 1. The van der Waals surface area contributed by atoms with E-state index in [1.165, 1.54) is 11.8 Å². The van der Waals surface area contributed by atoms with Gasteiger partial charge in [0, 0.05) is 12.5 Å². The molecule has 5 rings (SSSR count). The van der Waals surface area contributed by atoms with E-state index in [9.17, 15) is 19.2 Å². The van der Waals surface area contributed by atoms with Crippen molar-refractivity contribution in [3.05, 3.63) is 69.0 Å². The van der Waals surface area contributed by atoms with Gasteiger partial charge in [-0.15, -0.1) is 5.10 Å². The fourth-order valence-electron chi connectivity index (χ4n) is 3.71. The standard InChI is InChI=1S/C22H15N5O5S/c1-11(28)32-15-9-5-3-7-13(15)19-24-22-27(25-19)21(31)18(33-22)17-12-6-2-4-8-14(12)26(20(17)30)10-16(23)29/h2-9H,10H2,1H3,(H2,23,29). The number of hydrogen-bond donors (Lipinski definition) is 1. The number of hydrogen-bond acceptors (Lipinski definition) is 8. The van der Waals surface area contributed by atoms with E-state index in [1.807, 2.05) is 0 Å². The van der Waals surface area contributed by atoms with E-state index >= 15 is 0 Å². The number of ether oxygens (including phenoxy) is 1. The number of aromatic nitrogens is 3. The van der Waals surface area contributed by atoms with E-state index in [0.29, 0.717) is 16.8 Å². The van der Waals surface area contributed by atoms with Crippen LogP contribution in [0, 0.1) is 0 Å². The maximum atomic E-state index is 13.2. The summed E-state index contributed by atoms with van der Waals surface area (Å²) >= 11 is 1.01. The van der Waals surface area contributed by atoms with Gasteiger partial charge < -0.3 is 10.5 Å². The van der Waals surface area contributed by atoms with Gasteiger partial charge in [-0.1, -0.05) is 41.7 Å². The highest BCUT2D eigenvalue weighted by atomic mass is 32.1. The highest BCUT2D eigenvalue weighted by molar-refractivity contribution is 7.15. The monoisotopic (exact) mass is 461 g/mol. The van der Waals surface area contributed by atoms with E-state index < -0.39 is 23.3 Å². The summed E-state index contributed by atoms with van der Waals surface area (Å²) in [5.74, 6) is -1.17. The maximum Gasteiger partial charge on any atom is 0.308 e. The van der Waals surface area contributed by atoms with E-state index in [2.05, 4.69) is 10.1 Å². The van der Waals surface area contributed by atoms with Crippen molar-refractivity contribution in [1.29, 1.82) is 0 Å². The average molecular weight is 461 g/mol. The number of benzene rings is 2. The van der Waals surface area contributed by atoms with Gasteiger partial charge in [-0.2, -0.15) is 9.50 Å². The fourth-order valence-corrected chi connectivity index (χ4v) is 4.70. The van der Waals surface area contributed by atoms with Gasteiger partial charge in [0.25, 0.3) is 11.5 Å². The summed E-state index contributed by atoms with van der Waals surface area (Å²) in [5.41, 5.74) is 6.46. The molecule has 3 heterocycles. The van der Waals surface area contributed by atoms with Crippen molar-refractivity contribution in [1.82, 2.24) is 14.6 Å². The summed E-state index contributed by atoms with van der Waals surface area (Å²) in [6.45, 7) is 0.985. The number of carbonyl (C=O) groups is 3. The lowest BCUT2D eigenvalue weighted by Crippen LogP contribution is -2.37. The summed E-state index contributed by atoms with van der Waals surface area (Å²) in [4.78, 5) is 55.2. The molecule has 0 saturated carbocycles. The minimum absolute atomic E-state index is 0.161. The molecule has 33 heavy (non-hydrogen) atoms. The molecule has 2 amide bonds. The van der Waals surface area contributed by atoms with Crippen LogP contribution >= 0.6 is 11.3 Å². The normalized spacial score (nSPS) is 14.6. The molecular weight excluding hydrogens is 446 g/mol. The van der Waals surface area contributed by atoms with Crippen LogP contribution in [0.2, 0.25) is 0 Å². The number of fused-ring (bicyclic) bond motifs is 2. The van der Waals surface area contributed by atoms with Gasteiger partial charge >= 0.3 is 5.97 Å². The highest BCUT2D eigenvalue weighted by Crippen LogP contribution is 2.35. The Balaban J connectivity index is 1.68. The largest absolute Gasteiger partial charge is 0.426 e. The van der Waals surface area contributed by atoms with Gasteiger partial charge in [0.2, 0.25) is 10.9 Å². The van der Waals surface area contributed by atoms with E-state index in [-0.39, 0.29) is 33.2 Å². The predicted octanol–water partition coefficient (Wildman–Crippen LogP) is 0.493. The topological polar surface area (TPSA) is 137 Å². The number of para-hydroxylation sites is 2. The Hall–Kier alpha value is -4.38. The lowest BCUT2D eigenvalue weighted by Gasteiger charge is -2.14. The van der Waals surface area contributed by atoms with Crippen molar-refractivity contribution < 1.29 is 19.1 Å². The van der Waals surface area contributed by atoms with Gasteiger partial charge in [-0.25, -0.2) is 0 Å². The number of esters is 1. The third-order valence-electron chi connectivity index (χ3n) is 5.00. The third kappa shape index (κ3) is 3.34. The van der Waals surface area contributed by atoms with Crippen molar-refractivity contribution in [3.63, 3.8) is 0 Å². The molecule has 11 heteroatoms. The molecule has 1 aliphatic heterocycles. The van der Waals surface area contributed by atoms with Gasteiger partial charge in [0.15, 0.2) is 5.82 Å². The summed E-state index contributed by atoms with van der Waals surface area (Å²) in [6.07, 6.45) is 0. The van der Waals surface area contributed by atoms with Crippen LogP contribution in [0.4, 0.5) is 5.69 Å². The first-order valence-electron chi connectivity index (χ1n) is 9.76. The van der Waals surface area contributed by atoms with Crippen LogP contribution in [0.15, 0.2) is 53.3 Å². The zero-order chi connectivity index (χ0) is 23.3. The van der Waals surface area contributed by atoms with Crippen molar-refractivity contribution in [2.45, 2.75) is 6.92 Å². The van der Waals surface area contributed by atoms with Crippen LogP contribution in [-0.2, 0) is 14.4 Å². The SMILES string of the molecule is CC(=O)Oc1ccccc1-c1nc2sc(=C3C(=O)N(CC(N)=O)c4ccccc43)c(=O)n2n1. The summed E-state index contributed by atoms with van der Waals surface area (Å²) in [6, 6.07) is 13.6. The quantitative estimate of drug-likeness (QED) is 0.345. The van der Waals surface area contributed by atoms with Gasteiger partial charge in [0.05, 0.1) is 16.8 Å². The van der Waals surface area contributed by atoms with Crippen molar-refractivity contribution in [3.8, 4) is 17.1 Å². The highest BCUT2D eigenvalue weighted by Gasteiger charge is 2.35. The summed E-state index contributed by atoms with van der Waals surface area (Å²) in [5, 5.41) is 4.29. The minimum Gasteiger partial charge on any atom is -0.426 e. The molecule has 0 saturated heterocycles. The van der Waals surface area contributed by atoms with Gasteiger partial charge in [0.1, 0.15) is 16.8 Å². The zero-order valence-electron chi connectivity index (χ0n) is 17.1. The molecule has 4 aromatic rings. The lowest BCUT2D eigenvalue weighted by molar-refractivity contribution is -0.131. The molecule has 1 aliphatic rings. The summed E-state index contributed by atoms with van der Waals surface area (Å²) in [7, 11) is 0. The van der Waals surface area contributed by atoms with Crippen LogP contribution in [0.1, 0.15) is 12.5 Å². The van der Waals surface area contributed by atoms with Crippen LogP contribution in [0.25, 0.3) is 21.9 Å². The number of amides is 2. The fraction of sp³-hybridized carbons (Fsp3) is 0.0909. The second-order valence-electron chi connectivity index (χ2n) is 7.21. The number of primary amides is 1. The zero-order valence-corrected chi connectivity index (χ0v) is 18.0. The molecule has 164 valence electrons. The Bertz CT molecular complexity index is 1590. The molecule has 0 aliphatic carbocycles.